The lowest BCUT2D eigenvalue weighted by Gasteiger charge is -2.41. The molecule has 1 aliphatic carbocycles. The Bertz CT molecular complexity index is 819. The number of hydrogen-bond donors (Lipinski definition) is 2. The predicted molar refractivity (Wildman–Crippen MR) is 95.3 cm³/mol. The maximum Gasteiger partial charge on any atom is 0.305 e. The molecule has 1 amide bonds. The van der Waals surface area contributed by atoms with E-state index in [1.165, 1.54) is 0 Å². The molecule has 0 atom stereocenters. The number of carboxylic acid groups (broad SMARTS) is 1. The minimum atomic E-state index is -0.910. The second-order valence-electron chi connectivity index (χ2n) is 6.98. The summed E-state index contributed by atoms with van der Waals surface area (Å²) in [6, 6.07) is 9.21. The Morgan fingerprint density at radius 3 is 2.62 bits per heavy atom. The van der Waals surface area contributed by atoms with Crippen LogP contribution in [0.25, 0.3) is 0 Å². The highest BCUT2D eigenvalue weighted by atomic mass is 16.5. The van der Waals surface area contributed by atoms with Crippen molar-refractivity contribution >= 4 is 11.9 Å². The van der Waals surface area contributed by atoms with Gasteiger partial charge >= 0.3 is 5.97 Å². The van der Waals surface area contributed by atoms with Crippen molar-refractivity contribution in [3.05, 3.63) is 53.0 Å². The number of aryl methyl sites for hydroxylation is 2. The number of nitrogens with one attached hydrogen (secondary N) is 1. The number of carbonyl (C=O) groups excluding carboxylic acids is 1. The molecule has 1 aromatic carbocycles. The second kappa shape index (κ2) is 7.23. The number of hydrogen-bond acceptors (Lipinski definition) is 4. The Morgan fingerprint density at radius 2 is 2.00 bits per heavy atom. The Hall–Kier alpha value is -2.76. The first-order valence-electron chi connectivity index (χ1n) is 8.70. The molecule has 3 rings (SSSR count). The summed E-state index contributed by atoms with van der Waals surface area (Å²) in [5.41, 5.74) is 1.55. The zero-order valence-electron chi connectivity index (χ0n) is 15.0. The van der Waals surface area contributed by atoms with Gasteiger partial charge in [0, 0.05) is 0 Å². The highest BCUT2D eigenvalue weighted by Crippen LogP contribution is 2.35. The number of furan rings is 1. The van der Waals surface area contributed by atoms with Crippen molar-refractivity contribution in [1.82, 2.24) is 5.32 Å². The van der Waals surface area contributed by atoms with E-state index in [0.717, 1.165) is 23.3 Å². The summed E-state index contributed by atoms with van der Waals surface area (Å²) in [6.07, 6.45) is 2.20. The third-order valence-corrected chi connectivity index (χ3v) is 4.76. The van der Waals surface area contributed by atoms with E-state index in [9.17, 15) is 9.59 Å². The van der Waals surface area contributed by atoms with Gasteiger partial charge in [0.05, 0.1) is 12.0 Å². The summed E-state index contributed by atoms with van der Waals surface area (Å²) >= 11 is 0. The zero-order valence-corrected chi connectivity index (χ0v) is 15.0. The Balaban J connectivity index is 1.60. The molecule has 1 fully saturated rings. The molecule has 2 N–H and O–H groups in total. The second-order valence-corrected chi connectivity index (χ2v) is 6.98. The van der Waals surface area contributed by atoms with E-state index in [1.54, 1.807) is 12.1 Å². The first-order chi connectivity index (χ1) is 12.4. The van der Waals surface area contributed by atoms with Crippen LogP contribution in [0.3, 0.4) is 0 Å². The molecule has 0 radical (unpaired) electrons. The summed E-state index contributed by atoms with van der Waals surface area (Å²) in [5.74, 6) is 0.181. The predicted octanol–water partition coefficient (Wildman–Crippen LogP) is 3.60. The van der Waals surface area contributed by atoms with Crippen molar-refractivity contribution in [2.24, 2.45) is 0 Å². The molecule has 1 saturated carbocycles. The lowest BCUT2D eigenvalue weighted by molar-refractivity contribution is -0.139. The Labute approximate surface area is 152 Å². The van der Waals surface area contributed by atoms with Crippen LogP contribution in [0.15, 0.2) is 34.7 Å². The zero-order chi connectivity index (χ0) is 18.7. The number of carboxylic acids is 1. The van der Waals surface area contributed by atoms with E-state index >= 15 is 0 Å². The molecule has 0 spiro atoms. The Morgan fingerprint density at radius 1 is 1.23 bits per heavy atom. The number of amides is 1. The summed E-state index contributed by atoms with van der Waals surface area (Å²) < 4.78 is 11.3. The fraction of sp³-hybridized carbons (Fsp3) is 0.400. The van der Waals surface area contributed by atoms with Crippen molar-refractivity contribution in [2.75, 3.05) is 0 Å². The van der Waals surface area contributed by atoms with Crippen LogP contribution in [0.5, 0.6) is 5.75 Å². The van der Waals surface area contributed by atoms with Gasteiger partial charge in [0.1, 0.15) is 18.1 Å². The average Bonchev–Trinajstić information content (AvgIpc) is 3.00. The van der Waals surface area contributed by atoms with Gasteiger partial charge in [-0.2, -0.15) is 0 Å². The maximum absolute atomic E-state index is 12.4. The molecule has 1 aliphatic rings. The highest BCUT2D eigenvalue weighted by molar-refractivity contribution is 5.92. The van der Waals surface area contributed by atoms with Gasteiger partial charge in [-0.1, -0.05) is 17.7 Å². The van der Waals surface area contributed by atoms with Crippen LogP contribution in [-0.2, 0) is 11.4 Å². The SMILES string of the molecule is Cc1ccc(OCc2ccc(C(=O)NC3(CC(=O)O)CCC3)o2)c(C)c1. The Kier molecular flexibility index (Phi) is 5.02. The molecule has 0 unspecified atom stereocenters. The van der Waals surface area contributed by atoms with Crippen LogP contribution >= 0.6 is 0 Å². The standard InChI is InChI=1S/C20H23NO5/c1-13-4-6-16(14(2)10-13)25-12-15-5-7-17(26-15)19(24)21-20(8-3-9-20)11-18(22)23/h4-7,10H,3,8-9,11-12H2,1-2H3,(H,21,24)(H,22,23). The van der Waals surface area contributed by atoms with Crippen LogP contribution in [0.4, 0.5) is 0 Å². The number of aliphatic carboxylic acids is 1. The van der Waals surface area contributed by atoms with Crippen molar-refractivity contribution in [2.45, 2.75) is 51.7 Å². The van der Waals surface area contributed by atoms with Crippen molar-refractivity contribution < 1.29 is 23.8 Å². The number of ether oxygens (including phenoxy) is 1. The van der Waals surface area contributed by atoms with Crippen molar-refractivity contribution in [3.8, 4) is 5.75 Å². The van der Waals surface area contributed by atoms with Crippen LogP contribution in [0.2, 0.25) is 0 Å². The van der Waals surface area contributed by atoms with Crippen molar-refractivity contribution in [3.63, 3.8) is 0 Å². The minimum absolute atomic E-state index is 0.0673. The van der Waals surface area contributed by atoms with Gasteiger partial charge in [0.15, 0.2) is 5.76 Å². The normalized spacial score (nSPS) is 15.2. The van der Waals surface area contributed by atoms with E-state index in [4.69, 9.17) is 14.3 Å². The fourth-order valence-electron chi connectivity index (χ4n) is 3.23. The molecular weight excluding hydrogens is 334 g/mol. The molecular formula is C20H23NO5. The largest absolute Gasteiger partial charge is 0.485 e. The quantitative estimate of drug-likeness (QED) is 0.790. The molecule has 0 aliphatic heterocycles. The first-order valence-corrected chi connectivity index (χ1v) is 8.70. The van der Waals surface area contributed by atoms with Gasteiger partial charge in [-0.25, -0.2) is 0 Å². The lowest BCUT2D eigenvalue weighted by Crippen LogP contribution is -2.54. The molecule has 0 bridgehead atoms. The van der Waals surface area contributed by atoms with Gasteiger partial charge in [-0.15, -0.1) is 0 Å². The molecule has 6 heteroatoms. The van der Waals surface area contributed by atoms with E-state index in [0.29, 0.717) is 18.6 Å². The van der Waals surface area contributed by atoms with Crippen LogP contribution in [0.1, 0.15) is 53.1 Å². The van der Waals surface area contributed by atoms with Crippen LogP contribution in [0, 0.1) is 13.8 Å². The number of benzene rings is 1. The maximum atomic E-state index is 12.4. The number of rotatable bonds is 7. The van der Waals surface area contributed by atoms with Crippen LogP contribution < -0.4 is 10.1 Å². The van der Waals surface area contributed by atoms with E-state index in [1.807, 2.05) is 32.0 Å². The smallest absolute Gasteiger partial charge is 0.305 e. The van der Waals surface area contributed by atoms with Gasteiger partial charge < -0.3 is 19.6 Å². The highest BCUT2D eigenvalue weighted by Gasteiger charge is 2.40. The number of carbonyl (C=O) groups is 2. The van der Waals surface area contributed by atoms with Crippen molar-refractivity contribution in [1.29, 1.82) is 0 Å². The fourth-order valence-corrected chi connectivity index (χ4v) is 3.23. The molecule has 6 nitrogen and oxygen atoms in total. The van der Waals surface area contributed by atoms with Gasteiger partial charge in [-0.3, -0.25) is 9.59 Å². The van der Waals surface area contributed by atoms with E-state index < -0.39 is 11.5 Å². The monoisotopic (exact) mass is 357 g/mol. The molecule has 138 valence electrons. The van der Waals surface area contributed by atoms with Gasteiger partial charge in [0.2, 0.25) is 0 Å². The lowest BCUT2D eigenvalue weighted by atomic mass is 9.74. The molecule has 1 aromatic heterocycles. The average molecular weight is 357 g/mol. The first kappa shape index (κ1) is 18.0. The molecule has 1 heterocycles. The van der Waals surface area contributed by atoms with Gasteiger partial charge in [-0.05, 0) is 56.9 Å². The van der Waals surface area contributed by atoms with Gasteiger partial charge in [0.25, 0.3) is 5.91 Å². The summed E-state index contributed by atoms with van der Waals surface area (Å²) in [5, 5.41) is 11.9. The minimum Gasteiger partial charge on any atom is -0.485 e. The summed E-state index contributed by atoms with van der Waals surface area (Å²) in [7, 11) is 0. The van der Waals surface area contributed by atoms with E-state index in [2.05, 4.69) is 5.32 Å². The topological polar surface area (TPSA) is 88.8 Å². The molecule has 26 heavy (non-hydrogen) atoms. The van der Waals surface area contributed by atoms with Crippen LogP contribution in [-0.4, -0.2) is 22.5 Å². The molecule has 0 saturated heterocycles. The summed E-state index contributed by atoms with van der Waals surface area (Å²) in [4.78, 5) is 23.4. The third-order valence-electron chi connectivity index (χ3n) is 4.76. The molecule has 2 aromatic rings. The van der Waals surface area contributed by atoms with E-state index in [-0.39, 0.29) is 24.7 Å². The third kappa shape index (κ3) is 4.07. The summed E-state index contributed by atoms with van der Waals surface area (Å²) in [6.45, 7) is 4.22.